The molecule has 0 saturated heterocycles. The van der Waals surface area contributed by atoms with Crippen molar-refractivity contribution in [1.82, 2.24) is 0 Å². The molecule has 0 aromatic heterocycles. The maximum atomic E-state index is 10.1. The fourth-order valence-electron chi connectivity index (χ4n) is 12.1. The van der Waals surface area contributed by atoms with Crippen LogP contribution in [-0.4, -0.2) is 33.6 Å². The predicted octanol–water partition coefficient (Wildman–Crippen LogP) is 22.1. The highest BCUT2D eigenvalue weighted by atomic mass is 16.3. The quantitative estimate of drug-likeness (QED) is 0.107. The molecule has 450 valence electrons. The molecular weight excluding hydrogens is 1010 g/mol. The zero-order valence-corrected chi connectivity index (χ0v) is 55.6. The van der Waals surface area contributed by atoms with Crippen LogP contribution in [0.2, 0.25) is 0 Å². The Morgan fingerprint density at radius 3 is 0.759 bits per heavy atom. The first-order chi connectivity index (χ1) is 38.8. The van der Waals surface area contributed by atoms with E-state index in [-0.39, 0.29) is 40.0 Å². The lowest BCUT2D eigenvalue weighted by Gasteiger charge is -2.35. The summed E-state index contributed by atoms with van der Waals surface area (Å²) in [5.41, 5.74) is 21.0. The van der Waals surface area contributed by atoms with Crippen molar-refractivity contribution in [3.8, 4) is 0 Å². The number of allylic oxidation sites excluding steroid dienone is 41. The van der Waals surface area contributed by atoms with Gasteiger partial charge in [-0.25, -0.2) is 0 Å². The molecule has 3 nitrogen and oxygen atoms in total. The van der Waals surface area contributed by atoms with Gasteiger partial charge in [0, 0.05) is 0 Å². The summed E-state index contributed by atoms with van der Waals surface area (Å²) in [6.07, 6.45) is 68.1. The highest BCUT2D eigenvalue weighted by molar-refractivity contribution is 5.42. The molecule has 83 heavy (non-hydrogen) atoms. The molecule has 0 aromatic rings. The predicted molar refractivity (Wildman–Crippen MR) is 367 cm³/mol. The van der Waals surface area contributed by atoms with E-state index in [0.717, 1.165) is 38.5 Å². The lowest BCUT2D eigenvalue weighted by atomic mass is 9.71. The first kappa shape index (κ1) is 71.4. The van der Waals surface area contributed by atoms with E-state index < -0.39 is 0 Å². The largest absolute Gasteiger partial charge is 0.393 e. The summed E-state index contributed by atoms with van der Waals surface area (Å²) in [6, 6.07) is 0. The van der Waals surface area contributed by atoms with Crippen LogP contribution in [0.3, 0.4) is 0 Å². The van der Waals surface area contributed by atoms with Crippen molar-refractivity contribution in [3.05, 3.63) is 259 Å². The average Bonchev–Trinajstić information content (AvgIpc) is 3.56. The summed E-state index contributed by atoms with van der Waals surface area (Å²) in [4.78, 5) is 0. The van der Waals surface area contributed by atoms with Gasteiger partial charge in [0.05, 0.1) is 18.3 Å². The fourth-order valence-corrected chi connectivity index (χ4v) is 12.1. The maximum absolute atomic E-state index is 10.1. The highest BCUT2D eigenvalue weighted by Crippen LogP contribution is 2.44. The Kier molecular flexibility index (Phi) is 29.4. The number of rotatable bonds is 20. The van der Waals surface area contributed by atoms with E-state index in [9.17, 15) is 15.3 Å². The molecule has 3 heteroatoms. The molecule has 0 fully saturated rings. The SMILES string of the molecule is CC1=C(/C=C/C(C)=C/C=C/C(C)=C/C=C/C=C(C)/C=C/C=C(C)/C=C/C2=C(C)C[C@@H](O)CC2(C)C)C(C)(C)CCC1.CC1=C(/C=C/C(C)=C/C=C/C(C)=C/C=C/C=C(C)/C=C/C=C(C)/C=C/C2=C(C)C[C@@H](O)CC2(C)C)C(C)(C)C[C@H](O)C1. The Bertz CT molecular complexity index is 2840. The van der Waals surface area contributed by atoms with Gasteiger partial charge < -0.3 is 15.3 Å². The maximum Gasteiger partial charge on any atom is 0.0585 e. The molecule has 0 unspecified atom stereocenters. The Morgan fingerprint density at radius 1 is 0.313 bits per heavy atom. The topological polar surface area (TPSA) is 60.7 Å². The minimum Gasteiger partial charge on any atom is -0.393 e. The number of aliphatic hydroxyl groups excluding tert-OH is 3. The average molecular weight is 1120 g/mol. The molecule has 0 spiro atoms. The van der Waals surface area contributed by atoms with Crippen molar-refractivity contribution in [1.29, 1.82) is 0 Å². The van der Waals surface area contributed by atoms with Crippen LogP contribution in [0.25, 0.3) is 0 Å². The molecule has 4 rings (SSSR count). The first-order valence-electron chi connectivity index (χ1n) is 30.8. The molecular formula is C80H112O3. The Labute approximate surface area is 508 Å². The highest BCUT2D eigenvalue weighted by Gasteiger charge is 2.33. The van der Waals surface area contributed by atoms with Crippen LogP contribution in [0, 0.1) is 21.7 Å². The lowest BCUT2D eigenvalue weighted by Crippen LogP contribution is -2.28. The standard InChI is InChI=1S/C40H56O2.C40H56O/c1-29(17-13-19-31(3)21-23-37-33(5)25-35(41)27-39(37,7)8)15-11-12-16-30(2)18-14-20-32(4)22-24-38-34(6)26-36(42)28-40(38,9)10;1-30(18-13-20-32(3)23-25-37-34(5)22-15-27-39(37,7)8)16-11-12-17-31(2)19-14-21-33(4)24-26-38-35(6)28-36(41)29-40(38,9)10/h11-24,35-36,41-42H,25-28H2,1-10H3;11-14,16-21,23-26,36,41H,15,22,27-29H2,1-10H3/b12-11+,17-13+,18-14+,23-21+,24-22+,29-15+,30-16+,31-19+,32-20+;12-11+,18-13+,19-14+,25-23+,26-24+,30-16+,31-17+,32-20+,33-21+/t35-,36-;36-/m11/s1. The lowest BCUT2D eigenvalue weighted by molar-refractivity contribution is 0.116. The monoisotopic (exact) mass is 1120 g/mol. The van der Waals surface area contributed by atoms with E-state index in [1.807, 2.05) is 0 Å². The Morgan fingerprint density at radius 2 is 0.530 bits per heavy atom. The van der Waals surface area contributed by atoms with Gasteiger partial charge in [0.25, 0.3) is 0 Å². The van der Waals surface area contributed by atoms with E-state index in [0.29, 0.717) is 0 Å². The summed E-state index contributed by atoms with van der Waals surface area (Å²) in [7, 11) is 0. The van der Waals surface area contributed by atoms with Gasteiger partial charge in [0.2, 0.25) is 0 Å². The molecule has 4 aliphatic rings. The van der Waals surface area contributed by atoms with Crippen LogP contribution in [-0.2, 0) is 0 Å². The van der Waals surface area contributed by atoms with Crippen molar-refractivity contribution >= 4 is 0 Å². The van der Waals surface area contributed by atoms with E-state index in [2.05, 4.69) is 309 Å². The second kappa shape index (κ2) is 34.2. The zero-order valence-electron chi connectivity index (χ0n) is 55.6. The first-order valence-corrected chi connectivity index (χ1v) is 30.8. The molecule has 0 amide bonds. The van der Waals surface area contributed by atoms with E-state index in [1.165, 1.54) is 103 Å². The van der Waals surface area contributed by atoms with Crippen molar-refractivity contribution < 1.29 is 15.3 Å². The van der Waals surface area contributed by atoms with Gasteiger partial charge in [0.15, 0.2) is 0 Å². The third-order valence-corrected chi connectivity index (χ3v) is 16.6. The van der Waals surface area contributed by atoms with Crippen molar-refractivity contribution in [2.24, 2.45) is 21.7 Å². The third kappa shape index (κ3) is 26.3. The van der Waals surface area contributed by atoms with Crippen molar-refractivity contribution in [3.63, 3.8) is 0 Å². The Balaban J connectivity index is 0.000000435. The minimum atomic E-state index is -0.227. The molecule has 0 radical (unpaired) electrons. The number of hydrogen-bond donors (Lipinski definition) is 3. The zero-order chi connectivity index (χ0) is 62.1. The van der Waals surface area contributed by atoms with Crippen LogP contribution in [0.15, 0.2) is 259 Å². The summed E-state index contributed by atoms with van der Waals surface area (Å²) < 4.78 is 0. The van der Waals surface area contributed by atoms with Crippen LogP contribution in [0.5, 0.6) is 0 Å². The van der Waals surface area contributed by atoms with Crippen molar-refractivity contribution in [2.45, 2.75) is 215 Å². The summed E-state index contributed by atoms with van der Waals surface area (Å²) in [5, 5.41) is 30.3. The molecule has 0 bridgehead atoms. The van der Waals surface area contributed by atoms with Crippen LogP contribution < -0.4 is 0 Å². The third-order valence-electron chi connectivity index (χ3n) is 16.6. The number of aliphatic hydroxyl groups is 3. The summed E-state index contributed by atoms with van der Waals surface area (Å²) >= 11 is 0. The Hall–Kier alpha value is -5.84. The molecule has 0 aliphatic heterocycles. The van der Waals surface area contributed by atoms with E-state index in [4.69, 9.17) is 0 Å². The van der Waals surface area contributed by atoms with Gasteiger partial charge in [0.1, 0.15) is 0 Å². The van der Waals surface area contributed by atoms with Crippen molar-refractivity contribution in [2.75, 3.05) is 0 Å². The van der Waals surface area contributed by atoms with Crippen LogP contribution >= 0.6 is 0 Å². The minimum absolute atomic E-state index is 0.00547. The second-order valence-corrected chi connectivity index (χ2v) is 27.2. The van der Waals surface area contributed by atoms with Gasteiger partial charge in [-0.2, -0.15) is 0 Å². The number of hydrogen-bond acceptors (Lipinski definition) is 3. The molecule has 0 saturated carbocycles. The van der Waals surface area contributed by atoms with E-state index >= 15 is 0 Å². The van der Waals surface area contributed by atoms with Gasteiger partial charge >= 0.3 is 0 Å². The van der Waals surface area contributed by atoms with Crippen LogP contribution in [0.4, 0.5) is 0 Å². The summed E-state index contributed by atoms with van der Waals surface area (Å²) in [5.74, 6) is 0. The van der Waals surface area contributed by atoms with Gasteiger partial charge in [-0.15, -0.1) is 0 Å². The van der Waals surface area contributed by atoms with Gasteiger partial charge in [-0.05, 0) is 185 Å². The van der Waals surface area contributed by atoms with Gasteiger partial charge in [-0.1, -0.05) is 292 Å². The molecule has 4 aliphatic carbocycles. The molecule has 3 N–H and O–H groups in total. The molecule has 0 aromatic carbocycles. The fraction of sp³-hybridized carbons (Fsp3) is 0.450. The normalized spacial score (nSPS) is 24.3. The van der Waals surface area contributed by atoms with E-state index in [1.54, 1.807) is 5.57 Å². The molecule has 0 heterocycles. The van der Waals surface area contributed by atoms with Gasteiger partial charge in [-0.3, -0.25) is 0 Å². The van der Waals surface area contributed by atoms with Crippen LogP contribution in [0.1, 0.15) is 196 Å². The smallest absolute Gasteiger partial charge is 0.0585 e. The molecule has 3 atom stereocenters. The summed E-state index contributed by atoms with van der Waals surface area (Å²) in [6.45, 7) is 43.8. The second-order valence-electron chi connectivity index (χ2n) is 27.2.